The number of fused-ring (bicyclic) bond motifs is 2. The van der Waals surface area contributed by atoms with Gasteiger partial charge in [0.15, 0.2) is 0 Å². The molecule has 0 radical (unpaired) electrons. The molecule has 2 N–H and O–H groups in total. The minimum Gasteiger partial charge on any atom is -0.376 e. The number of benzene rings is 6. The van der Waals surface area contributed by atoms with Gasteiger partial charge in [0, 0.05) is 11.1 Å². The van der Waals surface area contributed by atoms with Gasteiger partial charge in [0.1, 0.15) is 11.2 Å². The monoisotopic (exact) mass is 516 g/mol. The summed E-state index contributed by atoms with van der Waals surface area (Å²) in [7, 11) is 0. The van der Waals surface area contributed by atoms with Gasteiger partial charge < -0.3 is 10.2 Å². The van der Waals surface area contributed by atoms with E-state index in [-0.39, 0.29) is 0 Å². The zero-order chi connectivity index (χ0) is 27.2. The maximum absolute atomic E-state index is 12.9. The second-order valence-electron chi connectivity index (χ2n) is 10.4. The largest absolute Gasteiger partial charge is 0.376 e. The fourth-order valence-corrected chi connectivity index (χ4v) is 6.30. The van der Waals surface area contributed by atoms with E-state index in [1.54, 1.807) is 0 Å². The molecule has 40 heavy (non-hydrogen) atoms. The third-order valence-electron chi connectivity index (χ3n) is 8.20. The molecule has 192 valence electrons. The first-order valence-electron chi connectivity index (χ1n) is 13.6. The van der Waals surface area contributed by atoms with E-state index in [0.717, 1.165) is 33.4 Å². The Kier molecular flexibility index (Phi) is 5.74. The molecule has 2 nitrogen and oxygen atoms in total. The lowest BCUT2D eigenvalue weighted by molar-refractivity contribution is 0.0749. The van der Waals surface area contributed by atoms with Crippen LogP contribution >= 0.6 is 0 Å². The van der Waals surface area contributed by atoms with Crippen molar-refractivity contribution >= 4 is 0 Å². The van der Waals surface area contributed by atoms with Crippen molar-refractivity contribution in [2.24, 2.45) is 0 Å². The van der Waals surface area contributed by atoms with Crippen LogP contribution in [0.5, 0.6) is 0 Å². The number of hydrogen-bond donors (Lipinski definition) is 2. The molecule has 0 spiro atoms. The van der Waals surface area contributed by atoms with Crippen LogP contribution in [0, 0.1) is 0 Å². The summed E-state index contributed by atoms with van der Waals surface area (Å²) in [6.45, 7) is 0. The summed E-state index contributed by atoms with van der Waals surface area (Å²) in [4.78, 5) is 0. The molecular weight excluding hydrogens is 488 g/mol. The summed E-state index contributed by atoms with van der Waals surface area (Å²) >= 11 is 0. The normalized spacial score (nSPS) is 19.4. The zero-order valence-electron chi connectivity index (χ0n) is 21.9. The molecule has 7 rings (SSSR count). The molecular formula is C38H28O2. The summed E-state index contributed by atoms with van der Waals surface area (Å²) in [6.07, 6.45) is 0. The highest BCUT2D eigenvalue weighted by molar-refractivity contribution is 5.86. The second kappa shape index (κ2) is 9.46. The van der Waals surface area contributed by atoms with Gasteiger partial charge in [-0.15, -0.1) is 0 Å². The number of aliphatic hydroxyl groups is 2. The highest BCUT2D eigenvalue weighted by Gasteiger charge is 2.51. The van der Waals surface area contributed by atoms with Crippen LogP contribution in [-0.2, 0) is 11.2 Å². The van der Waals surface area contributed by atoms with Crippen LogP contribution in [0.1, 0.15) is 33.4 Å². The molecule has 1 aliphatic carbocycles. The fourth-order valence-electron chi connectivity index (χ4n) is 6.30. The van der Waals surface area contributed by atoms with Gasteiger partial charge >= 0.3 is 0 Å². The van der Waals surface area contributed by atoms with E-state index < -0.39 is 11.2 Å². The lowest BCUT2D eigenvalue weighted by atomic mass is 9.62. The lowest BCUT2D eigenvalue weighted by Gasteiger charge is -2.45. The smallest absolute Gasteiger partial charge is 0.141 e. The van der Waals surface area contributed by atoms with Crippen molar-refractivity contribution in [1.29, 1.82) is 0 Å². The lowest BCUT2D eigenvalue weighted by Crippen LogP contribution is -2.44. The summed E-state index contributed by atoms with van der Waals surface area (Å²) in [5.74, 6) is 0. The Bertz CT molecular complexity index is 1660. The molecule has 2 atom stereocenters. The molecule has 2 heteroatoms. The minimum absolute atomic E-state index is 0.669. The molecule has 6 aromatic rings. The van der Waals surface area contributed by atoms with Gasteiger partial charge in [-0.2, -0.15) is 0 Å². The fraction of sp³-hybridized carbons (Fsp3) is 0.0526. The Morgan fingerprint density at radius 1 is 0.325 bits per heavy atom. The van der Waals surface area contributed by atoms with Gasteiger partial charge in [-0.1, -0.05) is 146 Å². The maximum Gasteiger partial charge on any atom is 0.141 e. The second-order valence-corrected chi connectivity index (χ2v) is 10.4. The van der Waals surface area contributed by atoms with E-state index in [9.17, 15) is 10.2 Å². The van der Waals surface area contributed by atoms with E-state index >= 15 is 0 Å². The van der Waals surface area contributed by atoms with E-state index in [1.807, 2.05) is 121 Å². The highest BCUT2D eigenvalue weighted by Crippen LogP contribution is 2.55. The van der Waals surface area contributed by atoms with E-state index in [1.165, 1.54) is 0 Å². The Morgan fingerprint density at radius 2 is 0.625 bits per heavy atom. The van der Waals surface area contributed by atoms with Crippen LogP contribution in [0.2, 0.25) is 0 Å². The number of rotatable bonds is 4. The first-order valence-corrected chi connectivity index (χ1v) is 13.6. The van der Waals surface area contributed by atoms with Crippen molar-refractivity contribution in [3.05, 3.63) is 191 Å². The SMILES string of the molecule is OC1(c2ccccc2)c2ccccc2C(O)(c2ccccc2)c2cc(-c3ccccc3)c(-c3ccccc3)cc21. The third kappa shape index (κ3) is 3.58. The molecule has 0 heterocycles. The number of hydrogen-bond acceptors (Lipinski definition) is 2. The summed E-state index contributed by atoms with van der Waals surface area (Å²) < 4.78 is 0. The predicted octanol–water partition coefficient (Wildman–Crippen LogP) is 7.90. The summed E-state index contributed by atoms with van der Waals surface area (Å²) in [5.41, 5.74) is 5.31. The van der Waals surface area contributed by atoms with Crippen molar-refractivity contribution in [3.63, 3.8) is 0 Å². The van der Waals surface area contributed by atoms with Crippen molar-refractivity contribution < 1.29 is 10.2 Å². The summed E-state index contributed by atoms with van der Waals surface area (Å²) in [6, 6.07) is 52.0. The highest BCUT2D eigenvalue weighted by atomic mass is 16.3. The van der Waals surface area contributed by atoms with Crippen LogP contribution in [0.25, 0.3) is 22.3 Å². The zero-order valence-corrected chi connectivity index (χ0v) is 21.9. The Morgan fingerprint density at radius 3 is 0.975 bits per heavy atom. The molecule has 2 unspecified atom stereocenters. The molecule has 0 fully saturated rings. The first-order chi connectivity index (χ1) is 19.6. The van der Waals surface area contributed by atoms with Crippen LogP contribution < -0.4 is 0 Å². The average Bonchev–Trinajstić information content (AvgIpc) is 3.05. The van der Waals surface area contributed by atoms with Crippen LogP contribution in [0.4, 0.5) is 0 Å². The van der Waals surface area contributed by atoms with Gasteiger partial charge in [0.25, 0.3) is 0 Å². The molecule has 0 amide bonds. The minimum atomic E-state index is -1.48. The van der Waals surface area contributed by atoms with E-state index in [4.69, 9.17) is 0 Å². The van der Waals surface area contributed by atoms with E-state index in [2.05, 4.69) is 36.4 Å². The van der Waals surface area contributed by atoms with Crippen LogP contribution in [-0.4, -0.2) is 10.2 Å². The molecule has 0 saturated heterocycles. The summed E-state index contributed by atoms with van der Waals surface area (Å²) in [5, 5.41) is 25.9. The molecule has 0 saturated carbocycles. The van der Waals surface area contributed by atoms with Gasteiger partial charge in [0.05, 0.1) is 0 Å². The maximum atomic E-state index is 12.9. The Balaban J connectivity index is 1.66. The van der Waals surface area contributed by atoms with Gasteiger partial charge in [-0.25, -0.2) is 0 Å². The van der Waals surface area contributed by atoms with Crippen molar-refractivity contribution in [2.75, 3.05) is 0 Å². The topological polar surface area (TPSA) is 40.5 Å². The molecule has 6 aromatic carbocycles. The predicted molar refractivity (Wildman–Crippen MR) is 161 cm³/mol. The Hall–Kier alpha value is -4.76. The molecule has 1 aliphatic rings. The van der Waals surface area contributed by atoms with Crippen molar-refractivity contribution in [1.82, 2.24) is 0 Å². The third-order valence-corrected chi connectivity index (χ3v) is 8.20. The van der Waals surface area contributed by atoms with Crippen molar-refractivity contribution in [2.45, 2.75) is 11.2 Å². The van der Waals surface area contributed by atoms with Crippen LogP contribution in [0.3, 0.4) is 0 Å². The van der Waals surface area contributed by atoms with Gasteiger partial charge in [-0.05, 0) is 56.6 Å². The quantitative estimate of drug-likeness (QED) is 0.250. The van der Waals surface area contributed by atoms with Crippen molar-refractivity contribution in [3.8, 4) is 22.3 Å². The van der Waals surface area contributed by atoms with Gasteiger partial charge in [0.2, 0.25) is 0 Å². The average molecular weight is 517 g/mol. The van der Waals surface area contributed by atoms with Crippen LogP contribution in [0.15, 0.2) is 158 Å². The molecule has 0 aliphatic heterocycles. The Labute approximate surface area is 234 Å². The van der Waals surface area contributed by atoms with Gasteiger partial charge in [-0.3, -0.25) is 0 Å². The molecule has 0 bridgehead atoms. The standard InChI is InChI=1S/C38H28O2/c39-37(29-19-9-3-10-20-29)33-23-13-14-24-34(33)38(40,30-21-11-4-12-22-30)36-26-32(28-17-7-2-8-18-28)31(25-35(36)37)27-15-5-1-6-16-27/h1-26,39-40H. The van der Waals surface area contributed by atoms with E-state index in [0.29, 0.717) is 22.3 Å². The first kappa shape index (κ1) is 24.3. The molecule has 0 aromatic heterocycles.